The number of carbonyl (C=O) groups excluding carboxylic acids is 3. The number of rotatable bonds is 12. The van der Waals surface area contributed by atoms with Crippen LogP contribution in [0.3, 0.4) is 0 Å². The number of carbonyl (C=O) groups is 3. The summed E-state index contributed by atoms with van der Waals surface area (Å²) in [6.07, 6.45) is 11.5. The van der Waals surface area contributed by atoms with Crippen LogP contribution in [0.1, 0.15) is 62.2 Å². The minimum absolute atomic E-state index is 0.0226. The average Bonchev–Trinajstić information content (AvgIpc) is 3.20. The molecule has 1 atom stereocenters. The van der Waals surface area contributed by atoms with E-state index in [0.29, 0.717) is 71.2 Å². The van der Waals surface area contributed by atoms with E-state index < -0.39 is 6.03 Å². The molecule has 4 amide bonds. The minimum Gasteiger partial charge on any atom is -0.493 e. The highest BCUT2D eigenvalue weighted by Crippen LogP contribution is 2.36. The number of aromatic nitrogens is 2. The van der Waals surface area contributed by atoms with Crippen molar-refractivity contribution in [3.8, 4) is 22.6 Å². The maximum Gasteiger partial charge on any atom is 0.328 e. The number of hydrogen-bond acceptors (Lipinski definition) is 8. The molecule has 2 aromatic carbocycles. The Balaban J connectivity index is 0.930. The first kappa shape index (κ1) is 38.3. The Morgan fingerprint density at radius 2 is 1.80 bits per heavy atom. The number of unbranched alkanes of at least 4 members (excludes halogenated alkanes) is 1. The van der Waals surface area contributed by atoms with Gasteiger partial charge in [0.05, 0.1) is 29.8 Å². The molecule has 0 spiro atoms. The lowest BCUT2D eigenvalue weighted by atomic mass is 9.93. The molecular formula is C42H49ClN6O6. The number of anilines is 1. The fourth-order valence-corrected chi connectivity index (χ4v) is 8.31. The van der Waals surface area contributed by atoms with Crippen molar-refractivity contribution in [1.29, 1.82) is 0 Å². The first-order valence-corrected chi connectivity index (χ1v) is 19.8. The summed E-state index contributed by atoms with van der Waals surface area (Å²) in [6.45, 7) is 7.93. The summed E-state index contributed by atoms with van der Waals surface area (Å²) < 4.78 is 14.0. The van der Waals surface area contributed by atoms with Crippen LogP contribution in [0.2, 0.25) is 5.02 Å². The van der Waals surface area contributed by atoms with E-state index in [9.17, 15) is 19.2 Å². The zero-order valence-corrected chi connectivity index (χ0v) is 32.4. The van der Waals surface area contributed by atoms with Crippen molar-refractivity contribution < 1.29 is 23.9 Å². The molecule has 0 radical (unpaired) electrons. The van der Waals surface area contributed by atoms with Crippen LogP contribution in [0.15, 0.2) is 65.8 Å². The third-order valence-electron chi connectivity index (χ3n) is 11.1. The molecule has 4 aromatic rings. The number of fused-ring (bicyclic) bond motifs is 1. The minimum atomic E-state index is -0.531. The van der Waals surface area contributed by atoms with Gasteiger partial charge in [-0.25, -0.2) is 4.79 Å². The molecule has 3 fully saturated rings. The molecule has 0 aliphatic carbocycles. The molecule has 3 saturated heterocycles. The van der Waals surface area contributed by atoms with Crippen LogP contribution in [-0.4, -0.2) is 90.2 Å². The molecule has 55 heavy (non-hydrogen) atoms. The molecule has 1 unspecified atom stereocenters. The molecule has 0 bridgehead atoms. The number of halogens is 1. The van der Waals surface area contributed by atoms with E-state index >= 15 is 0 Å². The third-order valence-corrected chi connectivity index (χ3v) is 11.5. The quantitative estimate of drug-likeness (QED) is 0.171. The number of imide groups is 1. The molecule has 1 N–H and O–H groups in total. The van der Waals surface area contributed by atoms with Gasteiger partial charge in [-0.05, 0) is 91.9 Å². The van der Waals surface area contributed by atoms with Crippen LogP contribution >= 0.6 is 11.6 Å². The Kier molecular flexibility index (Phi) is 12.0. The molecule has 2 aromatic heterocycles. The number of benzene rings is 2. The van der Waals surface area contributed by atoms with Gasteiger partial charge in [0.15, 0.2) is 11.5 Å². The van der Waals surface area contributed by atoms with Crippen LogP contribution < -0.4 is 25.2 Å². The second kappa shape index (κ2) is 17.2. The lowest BCUT2D eigenvalue weighted by molar-refractivity contribution is -0.120. The topological polar surface area (TPSA) is 126 Å². The number of urea groups is 1. The SMILES string of the molecule is CCCCn1cc(-c2ccc(OCC3CCCN(CC4CCN(C(=O)c5ccc(Cl)c(N6CCC(=O)NC6=O)c5)CC4)C3)c(OC)c2)c2ccncc2c1=O. The highest BCUT2D eigenvalue weighted by molar-refractivity contribution is 6.34. The predicted molar refractivity (Wildman–Crippen MR) is 213 cm³/mol. The van der Waals surface area contributed by atoms with Crippen molar-refractivity contribution in [2.45, 2.75) is 58.4 Å². The van der Waals surface area contributed by atoms with Gasteiger partial charge in [0.1, 0.15) is 0 Å². The van der Waals surface area contributed by atoms with Gasteiger partial charge in [0.25, 0.3) is 11.5 Å². The molecule has 3 aliphatic rings. The second-order valence-electron chi connectivity index (χ2n) is 14.9. The molecule has 3 aliphatic heterocycles. The largest absolute Gasteiger partial charge is 0.493 e. The van der Waals surface area contributed by atoms with E-state index in [4.69, 9.17) is 21.1 Å². The number of nitrogens with one attached hydrogen (secondary N) is 1. The van der Waals surface area contributed by atoms with Crippen molar-refractivity contribution >= 4 is 45.9 Å². The zero-order valence-electron chi connectivity index (χ0n) is 31.6. The van der Waals surface area contributed by atoms with Crippen molar-refractivity contribution in [2.24, 2.45) is 11.8 Å². The van der Waals surface area contributed by atoms with Crippen molar-refractivity contribution in [1.82, 2.24) is 24.7 Å². The van der Waals surface area contributed by atoms with E-state index in [1.165, 1.54) is 4.90 Å². The Bertz CT molecular complexity index is 2110. The maximum atomic E-state index is 13.5. The van der Waals surface area contributed by atoms with E-state index in [1.807, 2.05) is 35.4 Å². The molecule has 0 saturated carbocycles. The summed E-state index contributed by atoms with van der Waals surface area (Å²) in [6, 6.07) is 12.4. The number of methoxy groups -OCH3 is 1. The fourth-order valence-electron chi connectivity index (χ4n) is 8.09. The molecule has 12 nitrogen and oxygen atoms in total. The Labute approximate surface area is 326 Å². The summed E-state index contributed by atoms with van der Waals surface area (Å²) in [4.78, 5) is 60.8. The standard InChI is InChI=1S/C42H49ClN6O6/c1-3-4-17-48-26-34(32-11-15-44-23-33(32)41(48)52)30-8-10-37(38(22-30)54-2)55-27-29-6-5-16-46(25-29)24-28-12-18-47(19-13-28)40(51)31-7-9-35(43)36(21-31)49-20-14-39(50)45-42(49)53/h7-11,15,21-23,26,28-29H,3-6,12-14,16-20,24-25,27H2,1-2H3,(H,45,50,53). The molecule has 13 heteroatoms. The maximum absolute atomic E-state index is 13.5. The van der Waals surface area contributed by atoms with Crippen LogP contribution in [0.4, 0.5) is 10.5 Å². The number of hydrogen-bond donors (Lipinski definition) is 1. The van der Waals surface area contributed by atoms with E-state index in [2.05, 4.69) is 22.1 Å². The van der Waals surface area contributed by atoms with Crippen LogP contribution in [0.5, 0.6) is 11.5 Å². The smallest absolute Gasteiger partial charge is 0.328 e. The van der Waals surface area contributed by atoms with Gasteiger partial charge in [-0.2, -0.15) is 0 Å². The van der Waals surface area contributed by atoms with Gasteiger partial charge in [-0.3, -0.25) is 29.6 Å². The predicted octanol–water partition coefficient (Wildman–Crippen LogP) is 6.62. The number of nitrogens with zero attached hydrogens (tertiary/aromatic N) is 5. The zero-order chi connectivity index (χ0) is 38.5. The third kappa shape index (κ3) is 8.65. The van der Waals surface area contributed by atoms with E-state index in [-0.39, 0.29) is 30.3 Å². The molecule has 5 heterocycles. The molecular weight excluding hydrogens is 720 g/mol. The Morgan fingerprint density at radius 1 is 0.964 bits per heavy atom. The highest BCUT2D eigenvalue weighted by atomic mass is 35.5. The van der Waals surface area contributed by atoms with Gasteiger partial charge in [0, 0.05) is 81.3 Å². The summed E-state index contributed by atoms with van der Waals surface area (Å²) in [7, 11) is 1.66. The Morgan fingerprint density at radius 3 is 2.58 bits per heavy atom. The normalized spacial score (nSPS) is 18.4. The highest BCUT2D eigenvalue weighted by Gasteiger charge is 2.30. The second-order valence-corrected chi connectivity index (χ2v) is 15.3. The monoisotopic (exact) mass is 768 g/mol. The van der Waals surface area contributed by atoms with Gasteiger partial charge >= 0.3 is 6.03 Å². The van der Waals surface area contributed by atoms with E-state index in [1.54, 1.807) is 42.3 Å². The summed E-state index contributed by atoms with van der Waals surface area (Å²) >= 11 is 6.41. The summed E-state index contributed by atoms with van der Waals surface area (Å²) in [5, 5.41) is 4.14. The van der Waals surface area contributed by atoms with Gasteiger partial charge < -0.3 is 23.8 Å². The van der Waals surface area contributed by atoms with Gasteiger partial charge in [0.2, 0.25) is 5.91 Å². The fraction of sp³-hybridized carbons (Fsp3) is 0.452. The van der Waals surface area contributed by atoms with Crippen molar-refractivity contribution in [3.05, 3.63) is 82.0 Å². The average molecular weight is 769 g/mol. The van der Waals surface area contributed by atoms with Crippen molar-refractivity contribution in [3.63, 3.8) is 0 Å². The number of amides is 4. The number of ether oxygens (including phenoxy) is 2. The first-order chi connectivity index (χ1) is 26.7. The van der Waals surface area contributed by atoms with Gasteiger partial charge in [-0.15, -0.1) is 0 Å². The number of aryl methyl sites for hydroxylation is 1. The molecule has 290 valence electrons. The van der Waals surface area contributed by atoms with Crippen LogP contribution in [0, 0.1) is 11.8 Å². The Hall–Kier alpha value is -4.94. The lowest BCUT2D eigenvalue weighted by Gasteiger charge is -2.38. The number of piperidine rings is 2. The van der Waals surface area contributed by atoms with Crippen molar-refractivity contribution in [2.75, 3.05) is 57.9 Å². The molecule has 7 rings (SSSR count). The van der Waals surface area contributed by atoms with E-state index in [0.717, 1.165) is 74.7 Å². The lowest BCUT2D eigenvalue weighted by Crippen LogP contribution is -2.49. The first-order valence-electron chi connectivity index (χ1n) is 19.4. The van der Waals surface area contributed by atoms with Crippen LogP contribution in [0.25, 0.3) is 21.9 Å². The number of pyridine rings is 2. The van der Waals surface area contributed by atoms with Gasteiger partial charge in [-0.1, -0.05) is 31.0 Å². The summed E-state index contributed by atoms with van der Waals surface area (Å²) in [5.41, 5.74) is 2.79. The summed E-state index contributed by atoms with van der Waals surface area (Å²) in [5.74, 6) is 1.84. The van der Waals surface area contributed by atoms with Crippen LogP contribution in [-0.2, 0) is 11.3 Å². The number of likely N-dealkylation sites (tertiary alicyclic amines) is 2.